The predicted octanol–water partition coefficient (Wildman–Crippen LogP) is 3.28. The first kappa shape index (κ1) is 11.2. The van der Waals surface area contributed by atoms with Gasteiger partial charge in [-0.2, -0.15) is 0 Å². The maximum absolute atomic E-state index is 3.43. The summed E-state index contributed by atoms with van der Waals surface area (Å²) in [6.45, 7) is 8.55. The van der Waals surface area contributed by atoms with Gasteiger partial charge in [0.25, 0.3) is 0 Å². The van der Waals surface area contributed by atoms with Crippen molar-refractivity contribution in [2.75, 3.05) is 6.54 Å². The maximum Gasteiger partial charge on any atom is 0.0458 e. The molecule has 0 atom stereocenters. The van der Waals surface area contributed by atoms with Crippen LogP contribution in [-0.2, 0) is 6.54 Å². The average Bonchev–Trinajstić information content (AvgIpc) is 2.56. The number of aromatic amines is 1. The van der Waals surface area contributed by atoms with Crippen LogP contribution in [0.25, 0.3) is 10.9 Å². The molecule has 0 bridgehead atoms. The lowest BCUT2D eigenvalue weighted by Gasteiger charge is -2.03. The van der Waals surface area contributed by atoms with Crippen molar-refractivity contribution in [2.24, 2.45) is 0 Å². The Kier molecular flexibility index (Phi) is 3.30. The van der Waals surface area contributed by atoms with Crippen LogP contribution in [0.5, 0.6) is 0 Å². The van der Waals surface area contributed by atoms with Gasteiger partial charge in [0, 0.05) is 23.1 Å². The summed E-state index contributed by atoms with van der Waals surface area (Å²) in [5, 5.41) is 4.79. The second kappa shape index (κ2) is 4.71. The van der Waals surface area contributed by atoms with Gasteiger partial charge in [-0.1, -0.05) is 13.0 Å². The van der Waals surface area contributed by atoms with Crippen LogP contribution in [-0.4, -0.2) is 11.5 Å². The second-order valence-electron chi connectivity index (χ2n) is 4.43. The summed E-state index contributed by atoms with van der Waals surface area (Å²) in [5.41, 5.74) is 5.25. The van der Waals surface area contributed by atoms with Crippen molar-refractivity contribution >= 4 is 10.9 Å². The molecule has 2 N–H and O–H groups in total. The predicted molar refractivity (Wildman–Crippen MR) is 69.8 cm³/mol. The Balaban J connectivity index is 2.25. The molecule has 86 valence electrons. The number of rotatable bonds is 4. The minimum Gasteiger partial charge on any atom is -0.358 e. The minimum absolute atomic E-state index is 0.966. The van der Waals surface area contributed by atoms with E-state index in [-0.39, 0.29) is 0 Å². The van der Waals surface area contributed by atoms with Crippen molar-refractivity contribution in [2.45, 2.75) is 33.7 Å². The molecule has 0 amide bonds. The van der Waals surface area contributed by atoms with Gasteiger partial charge in [-0.25, -0.2) is 0 Å². The highest BCUT2D eigenvalue weighted by atomic mass is 14.8. The third-order valence-corrected chi connectivity index (χ3v) is 3.13. The van der Waals surface area contributed by atoms with Gasteiger partial charge in [0.1, 0.15) is 0 Å². The highest BCUT2D eigenvalue weighted by molar-refractivity contribution is 5.84. The van der Waals surface area contributed by atoms with Crippen LogP contribution in [0.15, 0.2) is 18.2 Å². The molecule has 0 saturated heterocycles. The van der Waals surface area contributed by atoms with Gasteiger partial charge >= 0.3 is 0 Å². The number of aromatic nitrogens is 1. The van der Waals surface area contributed by atoms with Gasteiger partial charge in [0.15, 0.2) is 0 Å². The summed E-state index contributed by atoms with van der Waals surface area (Å²) >= 11 is 0. The normalized spacial score (nSPS) is 11.2. The first-order valence-electron chi connectivity index (χ1n) is 6.01. The number of fused-ring (bicyclic) bond motifs is 1. The van der Waals surface area contributed by atoms with Crippen LogP contribution in [0.1, 0.15) is 30.2 Å². The van der Waals surface area contributed by atoms with Crippen molar-refractivity contribution in [3.05, 3.63) is 35.0 Å². The fraction of sp³-hybridized carbons (Fsp3) is 0.429. The zero-order valence-corrected chi connectivity index (χ0v) is 10.4. The topological polar surface area (TPSA) is 27.8 Å². The fourth-order valence-corrected chi connectivity index (χ4v) is 2.03. The SMILES string of the molecule is CCCNCc1ccc2[nH]c(C)c(C)c2c1. The molecular weight excluding hydrogens is 196 g/mol. The van der Waals surface area contributed by atoms with Crippen molar-refractivity contribution < 1.29 is 0 Å². The van der Waals surface area contributed by atoms with Gasteiger partial charge in [-0.3, -0.25) is 0 Å². The number of hydrogen-bond donors (Lipinski definition) is 2. The number of H-pyrrole nitrogens is 1. The highest BCUT2D eigenvalue weighted by Gasteiger charge is 2.04. The van der Waals surface area contributed by atoms with Crippen LogP contribution in [0.2, 0.25) is 0 Å². The lowest BCUT2D eigenvalue weighted by Crippen LogP contribution is -2.13. The van der Waals surface area contributed by atoms with Crippen molar-refractivity contribution in [1.29, 1.82) is 0 Å². The average molecular weight is 216 g/mol. The first-order valence-corrected chi connectivity index (χ1v) is 6.01. The Bertz CT molecular complexity index is 483. The summed E-state index contributed by atoms with van der Waals surface area (Å²) in [6, 6.07) is 6.66. The number of benzene rings is 1. The third kappa shape index (κ3) is 2.12. The molecule has 1 aromatic heterocycles. The molecular formula is C14H20N2. The van der Waals surface area contributed by atoms with Crippen LogP contribution in [0, 0.1) is 13.8 Å². The Morgan fingerprint density at radius 1 is 1.25 bits per heavy atom. The third-order valence-electron chi connectivity index (χ3n) is 3.13. The van der Waals surface area contributed by atoms with Crippen LogP contribution < -0.4 is 5.32 Å². The van der Waals surface area contributed by atoms with Crippen molar-refractivity contribution in [3.8, 4) is 0 Å². The summed E-state index contributed by atoms with van der Waals surface area (Å²) in [6.07, 6.45) is 1.19. The molecule has 16 heavy (non-hydrogen) atoms. The zero-order valence-electron chi connectivity index (χ0n) is 10.4. The molecule has 0 radical (unpaired) electrons. The van der Waals surface area contributed by atoms with Gasteiger partial charge in [-0.15, -0.1) is 0 Å². The van der Waals surface area contributed by atoms with Crippen molar-refractivity contribution in [3.63, 3.8) is 0 Å². The molecule has 0 saturated carbocycles. The summed E-state index contributed by atoms with van der Waals surface area (Å²) in [4.78, 5) is 3.40. The fourth-order valence-electron chi connectivity index (χ4n) is 2.03. The van der Waals surface area contributed by atoms with E-state index in [1.165, 1.54) is 34.1 Å². The van der Waals surface area contributed by atoms with Gasteiger partial charge in [0.2, 0.25) is 0 Å². The van der Waals surface area contributed by atoms with E-state index >= 15 is 0 Å². The van der Waals surface area contributed by atoms with E-state index in [0.29, 0.717) is 0 Å². The van der Waals surface area contributed by atoms with Crippen LogP contribution >= 0.6 is 0 Å². The molecule has 2 rings (SSSR count). The summed E-state index contributed by atoms with van der Waals surface area (Å²) < 4.78 is 0. The molecule has 0 unspecified atom stereocenters. The van der Waals surface area contributed by atoms with E-state index < -0.39 is 0 Å². The summed E-state index contributed by atoms with van der Waals surface area (Å²) in [5.74, 6) is 0. The Morgan fingerprint density at radius 2 is 2.06 bits per heavy atom. The molecule has 0 spiro atoms. The molecule has 2 nitrogen and oxygen atoms in total. The smallest absolute Gasteiger partial charge is 0.0458 e. The lowest BCUT2D eigenvalue weighted by molar-refractivity contribution is 0.676. The Hall–Kier alpha value is -1.28. The van der Waals surface area contributed by atoms with E-state index in [1.807, 2.05) is 0 Å². The van der Waals surface area contributed by atoms with Gasteiger partial charge in [-0.05, 0) is 50.1 Å². The number of aryl methyl sites for hydroxylation is 2. The molecule has 2 heteroatoms. The largest absolute Gasteiger partial charge is 0.358 e. The molecule has 1 aromatic carbocycles. The highest BCUT2D eigenvalue weighted by Crippen LogP contribution is 2.22. The monoisotopic (exact) mass is 216 g/mol. The Morgan fingerprint density at radius 3 is 2.81 bits per heavy atom. The molecule has 0 aliphatic carbocycles. The molecule has 1 heterocycles. The van der Waals surface area contributed by atoms with E-state index in [9.17, 15) is 0 Å². The van der Waals surface area contributed by atoms with E-state index in [1.54, 1.807) is 0 Å². The first-order chi connectivity index (χ1) is 7.72. The summed E-state index contributed by atoms with van der Waals surface area (Å²) in [7, 11) is 0. The zero-order chi connectivity index (χ0) is 11.5. The number of nitrogens with one attached hydrogen (secondary N) is 2. The molecule has 2 aromatic rings. The minimum atomic E-state index is 0.966. The quantitative estimate of drug-likeness (QED) is 0.754. The molecule has 0 aliphatic heterocycles. The van der Waals surface area contributed by atoms with Crippen LogP contribution in [0.3, 0.4) is 0 Å². The standard InChI is InChI=1S/C14H20N2/c1-4-7-15-9-12-5-6-14-13(8-12)10(2)11(3)16-14/h5-6,8,15-16H,4,7,9H2,1-3H3. The maximum atomic E-state index is 3.43. The lowest BCUT2D eigenvalue weighted by atomic mass is 10.1. The van der Waals surface area contributed by atoms with E-state index in [0.717, 1.165) is 13.1 Å². The van der Waals surface area contributed by atoms with Gasteiger partial charge in [0.05, 0.1) is 0 Å². The number of hydrogen-bond acceptors (Lipinski definition) is 1. The van der Waals surface area contributed by atoms with E-state index in [4.69, 9.17) is 0 Å². The van der Waals surface area contributed by atoms with E-state index in [2.05, 4.69) is 49.3 Å². The van der Waals surface area contributed by atoms with Gasteiger partial charge < -0.3 is 10.3 Å². The van der Waals surface area contributed by atoms with Crippen molar-refractivity contribution in [1.82, 2.24) is 10.3 Å². The van der Waals surface area contributed by atoms with Crippen LogP contribution in [0.4, 0.5) is 0 Å². The molecule has 0 aliphatic rings. The Labute approximate surface area is 97.1 Å². The second-order valence-corrected chi connectivity index (χ2v) is 4.43. The molecule has 0 fully saturated rings.